The third-order valence-electron chi connectivity index (χ3n) is 0.811. The van der Waals surface area contributed by atoms with Crippen LogP contribution in [0.4, 0.5) is 0 Å². The van der Waals surface area contributed by atoms with Gasteiger partial charge in [-0.05, 0) is 13.8 Å². The van der Waals surface area contributed by atoms with E-state index in [1.54, 1.807) is 0 Å². The van der Waals surface area contributed by atoms with E-state index in [4.69, 9.17) is 5.11 Å². The van der Waals surface area contributed by atoms with Crippen LogP contribution in [0.3, 0.4) is 0 Å². The molecule has 0 aliphatic rings. The van der Waals surface area contributed by atoms with Crippen LogP contribution in [0.2, 0.25) is 0 Å². The number of aliphatic hydroxyl groups excluding tert-OH is 1. The van der Waals surface area contributed by atoms with Crippen molar-refractivity contribution in [2.24, 2.45) is 0 Å². The average molecular weight is 127 g/mol. The van der Waals surface area contributed by atoms with Crippen LogP contribution >= 0.6 is 0 Å². The maximum atomic E-state index is 8.71. The summed E-state index contributed by atoms with van der Waals surface area (Å²) < 4.78 is 0. The molecule has 0 aromatic heterocycles. The van der Waals surface area contributed by atoms with Gasteiger partial charge in [0.15, 0.2) is 0 Å². The first-order chi connectivity index (χ1) is 4.04. The molecule has 0 aliphatic carbocycles. The topological polar surface area (TPSA) is 32.3 Å². The lowest BCUT2D eigenvalue weighted by atomic mass is 10.3. The molecule has 0 amide bonds. The zero-order valence-corrected chi connectivity index (χ0v) is 5.94. The van der Waals surface area contributed by atoms with Crippen molar-refractivity contribution in [3.63, 3.8) is 0 Å². The van der Waals surface area contributed by atoms with Crippen LogP contribution in [-0.4, -0.2) is 11.1 Å². The quantitative estimate of drug-likeness (QED) is 0.445. The summed E-state index contributed by atoms with van der Waals surface area (Å²) in [6, 6.07) is 0.293. The highest BCUT2D eigenvalue weighted by molar-refractivity contribution is 5.15. The zero-order valence-electron chi connectivity index (χ0n) is 5.94. The zero-order chi connectivity index (χ0) is 7.44. The maximum absolute atomic E-state index is 8.71. The summed E-state index contributed by atoms with van der Waals surface area (Å²) >= 11 is 0. The fourth-order valence-electron chi connectivity index (χ4n) is 0.432. The van der Waals surface area contributed by atoms with Crippen molar-refractivity contribution < 1.29 is 5.11 Å². The largest absolute Gasteiger partial charge is 0.506 e. The Kier molecular flexibility index (Phi) is 2.85. The molecule has 0 aliphatic heterocycles. The van der Waals surface area contributed by atoms with Gasteiger partial charge in [0, 0.05) is 6.04 Å². The minimum Gasteiger partial charge on any atom is -0.506 e. The van der Waals surface area contributed by atoms with Crippen LogP contribution in [0.15, 0.2) is 24.6 Å². The van der Waals surface area contributed by atoms with Gasteiger partial charge < -0.3 is 10.4 Å². The minimum atomic E-state index is 0.00343. The van der Waals surface area contributed by atoms with Gasteiger partial charge in [-0.15, -0.1) is 0 Å². The number of nitrogens with one attached hydrogen (secondary N) is 1. The lowest BCUT2D eigenvalue weighted by Crippen LogP contribution is -2.21. The standard InChI is InChI=1S/C7H13NO/c1-5(2)8-6(3)7(4)9/h5,8-9H,3-4H2,1-2H3. The molecular formula is C7H13NO. The molecule has 2 N–H and O–H groups in total. The van der Waals surface area contributed by atoms with Gasteiger partial charge in [-0.2, -0.15) is 0 Å². The highest BCUT2D eigenvalue weighted by atomic mass is 16.3. The Balaban J connectivity index is 3.65. The van der Waals surface area contributed by atoms with E-state index in [1.807, 2.05) is 13.8 Å². The van der Waals surface area contributed by atoms with Gasteiger partial charge in [-0.3, -0.25) is 0 Å². The van der Waals surface area contributed by atoms with Gasteiger partial charge in [0.2, 0.25) is 0 Å². The number of aliphatic hydroxyl groups is 1. The van der Waals surface area contributed by atoms with Crippen LogP contribution in [0.5, 0.6) is 0 Å². The van der Waals surface area contributed by atoms with Crippen LogP contribution < -0.4 is 5.32 Å². The van der Waals surface area contributed by atoms with Gasteiger partial charge in [-0.1, -0.05) is 13.2 Å². The molecule has 0 saturated heterocycles. The second-order valence-electron chi connectivity index (χ2n) is 2.22. The van der Waals surface area contributed by atoms with Crippen molar-refractivity contribution >= 4 is 0 Å². The van der Waals surface area contributed by atoms with Crippen molar-refractivity contribution in [3.8, 4) is 0 Å². The smallest absolute Gasteiger partial charge is 0.130 e. The summed E-state index contributed by atoms with van der Waals surface area (Å²) in [4.78, 5) is 0. The Morgan fingerprint density at radius 3 is 2.00 bits per heavy atom. The second-order valence-corrected chi connectivity index (χ2v) is 2.22. The van der Waals surface area contributed by atoms with E-state index in [2.05, 4.69) is 18.5 Å². The Morgan fingerprint density at radius 1 is 1.44 bits per heavy atom. The molecule has 0 aromatic carbocycles. The van der Waals surface area contributed by atoms with Crippen LogP contribution in [0.1, 0.15) is 13.8 Å². The van der Waals surface area contributed by atoms with Gasteiger partial charge in [0.25, 0.3) is 0 Å². The average Bonchev–Trinajstić information content (AvgIpc) is 1.63. The molecule has 0 aromatic rings. The van der Waals surface area contributed by atoms with Crippen LogP contribution in [-0.2, 0) is 0 Å². The SMILES string of the molecule is C=C(O)C(=C)NC(C)C. The van der Waals surface area contributed by atoms with E-state index in [-0.39, 0.29) is 5.76 Å². The fraction of sp³-hybridized carbons (Fsp3) is 0.429. The van der Waals surface area contributed by atoms with Crippen molar-refractivity contribution in [2.75, 3.05) is 0 Å². The lowest BCUT2D eigenvalue weighted by Gasteiger charge is -2.10. The molecule has 0 heterocycles. The molecule has 0 atom stereocenters. The molecule has 2 nitrogen and oxygen atoms in total. The fourth-order valence-corrected chi connectivity index (χ4v) is 0.432. The van der Waals surface area contributed by atoms with E-state index < -0.39 is 0 Å². The number of hydrogen-bond acceptors (Lipinski definition) is 2. The Labute approximate surface area is 55.9 Å². The monoisotopic (exact) mass is 127 g/mol. The highest BCUT2D eigenvalue weighted by Gasteiger charge is 1.96. The van der Waals surface area contributed by atoms with Crippen molar-refractivity contribution in [1.82, 2.24) is 5.32 Å². The molecule has 0 saturated carbocycles. The minimum absolute atomic E-state index is 0.00343. The molecule has 0 unspecified atom stereocenters. The van der Waals surface area contributed by atoms with Crippen molar-refractivity contribution in [1.29, 1.82) is 0 Å². The van der Waals surface area contributed by atoms with Gasteiger partial charge in [-0.25, -0.2) is 0 Å². The summed E-state index contributed by atoms with van der Waals surface area (Å²) in [5.74, 6) is 0.00343. The summed E-state index contributed by atoms with van der Waals surface area (Å²) in [5, 5.41) is 11.6. The van der Waals surface area contributed by atoms with E-state index in [9.17, 15) is 0 Å². The van der Waals surface area contributed by atoms with Crippen LogP contribution in [0, 0.1) is 0 Å². The first-order valence-electron chi connectivity index (χ1n) is 2.87. The van der Waals surface area contributed by atoms with E-state index in [1.165, 1.54) is 0 Å². The third-order valence-corrected chi connectivity index (χ3v) is 0.811. The Bertz CT molecular complexity index is 127. The van der Waals surface area contributed by atoms with Crippen LogP contribution in [0.25, 0.3) is 0 Å². The number of rotatable bonds is 3. The van der Waals surface area contributed by atoms with Gasteiger partial charge >= 0.3 is 0 Å². The Morgan fingerprint density at radius 2 is 1.89 bits per heavy atom. The molecule has 9 heavy (non-hydrogen) atoms. The van der Waals surface area contributed by atoms with E-state index in [0.717, 1.165) is 0 Å². The second kappa shape index (κ2) is 3.17. The normalized spacial score (nSPS) is 9.22. The van der Waals surface area contributed by atoms with Gasteiger partial charge in [0.05, 0.1) is 5.70 Å². The summed E-state index contributed by atoms with van der Waals surface area (Å²) in [6.45, 7) is 10.8. The Hall–Kier alpha value is -0.920. The van der Waals surface area contributed by atoms with E-state index >= 15 is 0 Å². The van der Waals surface area contributed by atoms with E-state index in [0.29, 0.717) is 11.7 Å². The first kappa shape index (κ1) is 8.08. The molecular weight excluding hydrogens is 114 g/mol. The predicted molar refractivity (Wildman–Crippen MR) is 39.2 cm³/mol. The third kappa shape index (κ3) is 3.64. The summed E-state index contributed by atoms with van der Waals surface area (Å²) in [6.07, 6.45) is 0. The molecule has 0 spiro atoms. The molecule has 0 radical (unpaired) electrons. The molecule has 52 valence electrons. The molecule has 0 rings (SSSR count). The molecule has 0 bridgehead atoms. The molecule has 2 heteroatoms. The highest BCUT2D eigenvalue weighted by Crippen LogP contribution is 1.96. The maximum Gasteiger partial charge on any atom is 0.130 e. The van der Waals surface area contributed by atoms with Gasteiger partial charge in [0.1, 0.15) is 5.76 Å². The lowest BCUT2D eigenvalue weighted by molar-refractivity contribution is 0.413. The predicted octanol–water partition coefficient (Wildman–Crippen LogP) is 1.57. The molecule has 0 fully saturated rings. The summed E-state index contributed by atoms with van der Waals surface area (Å²) in [5.41, 5.74) is 0.491. The number of hydrogen-bond donors (Lipinski definition) is 2. The first-order valence-corrected chi connectivity index (χ1v) is 2.87. The summed E-state index contributed by atoms with van der Waals surface area (Å²) in [7, 11) is 0. The van der Waals surface area contributed by atoms with Crippen molar-refractivity contribution in [3.05, 3.63) is 24.6 Å². The van der Waals surface area contributed by atoms with Crippen molar-refractivity contribution in [2.45, 2.75) is 19.9 Å².